The van der Waals surface area contributed by atoms with Crippen molar-refractivity contribution >= 4 is 24.2 Å². The van der Waals surface area contributed by atoms with E-state index in [1.807, 2.05) is 0 Å². The number of thioether (sulfide) groups is 1. The van der Waals surface area contributed by atoms with Crippen LogP contribution in [-0.4, -0.2) is 30.9 Å². The van der Waals surface area contributed by atoms with Crippen molar-refractivity contribution in [2.24, 2.45) is 5.92 Å². The molecule has 72 valence electrons. The molecule has 2 nitrogen and oxygen atoms in total. The molecule has 2 aliphatic rings. The number of ether oxygens (including phenoxy) is 1. The second-order valence-electron chi connectivity index (χ2n) is 3.22. The maximum atomic E-state index is 5.57. The molecule has 2 heterocycles. The topological polar surface area (TPSA) is 21.3 Å². The third kappa shape index (κ3) is 2.52. The predicted octanol–water partition coefficient (Wildman–Crippen LogP) is 1.50. The van der Waals surface area contributed by atoms with Crippen LogP contribution in [-0.2, 0) is 4.74 Å². The van der Waals surface area contributed by atoms with Crippen LogP contribution in [0.3, 0.4) is 0 Å². The Morgan fingerprint density at radius 1 is 1.42 bits per heavy atom. The molecule has 2 saturated heterocycles. The molecule has 0 aliphatic carbocycles. The number of halogens is 1. The lowest BCUT2D eigenvalue weighted by atomic mass is 10.0. The van der Waals surface area contributed by atoms with E-state index < -0.39 is 0 Å². The summed E-state index contributed by atoms with van der Waals surface area (Å²) < 4.78 is 5.57. The van der Waals surface area contributed by atoms with Crippen molar-refractivity contribution < 1.29 is 4.74 Å². The fraction of sp³-hybridized carbons (Fsp3) is 1.00. The van der Waals surface area contributed by atoms with E-state index in [0.29, 0.717) is 6.23 Å². The van der Waals surface area contributed by atoms with E-state index in [9.17, 15) is 0 Å². The molecule has 2 rings (SSSR count). The molecule has 12 heavy (non-hydrogen) atoms. The summed E-state index contributed by atoms with van der Waals surface area (Å²) in [6.45, 7) is 1.96. The molecule has 4 heteroatoms. The van der Waals surface area contributed by atoms with E-state index in [1.54, 1.807) is 0 Å². The molecule has 0 saturated carbocycles. The Bertz CT molecular complexity index is 124. The molecule has 0 amide bonds. The lowest BCUT2D eigenvalue weighted by Crippen LogP contribution is -2.34. The minimum absolute atomic E-state index is 0. The lowest BCUT2D eigenvalue weighted by Gasteiger charge is -2.26. The first-order valence-corrected chi connectivity index (χ1v) is 5.55. The van der Waals surface area contributed by atoms with Gasteiger partial charge in [-0.2, -0.15) is 11.8 Å². The molecular formula is C8H16ClNOS. The Morgan fingerprint density at radius 2 is 2.33 bits per heavy atom. The SMILES string of the molecule is C1CSCC(C2NCCO2)C1.Cl. The van der Waals surface area contributed by atoms with Gasteiger partial charge in [0, 0.05) is 12.5 Å². The highest BCUT2D eigenvalue weighted by Gasteiger charge is 2.26. The number of rotatable bonds is 1. The minimum Gasteiger partial charge on any atom is -0.362 e. The van der Waals surface area contributed by atoms with Crippen molar-refractivity contribution in [3.05, 3.63) is 0 Å². The second-order valence-corrected chi connectivity index (χ2v) is 4.37. The van der Waals surface area contributed by atoms with Crippen molar-refractivity contribution in [2.75, 3.05) is 24.7 Å². The summed E-state index contributed by atoms with van der Waals surface area (Å²) in [5, 5.41) is 3.39. The average Bonchev–Trinajstić information content (AvgIpc) is 2.58. The van der Waals surface area contributed by atoms with Crippen LogP contribution in [0, 0.1) is 5.92 Å². The van der Waals surface area contributed by atoms with Gasteiger partial charge in [0.1, 0.15) is 6.23 Å². The average molecular weight is 210 g/mol. The molecule has 1 N–H and O–H groups in total. The third-order valence-corrected chi connectivity index (χ3v) is 3.61. The highest BCUT2D eigenvalue weighted by molar-refractivity contribution is 7.99. The fourth-order valence-electron chi connectivity index (χ4n) is 1.75. The first-order chi connectivity index (χ1) is 5.47. The van der Waals surface area contributed by atoms with Crippen molar-refractivity contribution in [1.29, 1.82) is 0 Å². The van der Waals surface area contributed by atoms with Gasteiger partial charge in [-0.1, -0.05) is 0 Å². The van der Waals surface area contributed by atoms with Crippen LogP contribution in [0.15, 0.2) is 0 Å². The zero-order chi connectivity index (χ0) is 7.52. The van der Waals surface area contributed by atoms with Crippen molar-refractivity contribution in [3.63, 3.8) is 0 Å². The van der Waals surface area contributed by atoms with Gasteiger partial charge in [-0.05, 0) is 24.3 Å². The van der Waals surface area contributed by atoms with Gasteiger partial charge in [0.2, 0.25) is 0 Å². The number of hydrogen-bond donors (Lipinski definition) is 1. The van der Waals surface area contributed by atoms with Crippen LogP contribution >= 0.6 is 24.2 Å². The third-order valence-electron chi connectivity index (χ3n) is 2.37. The van der Waals surface area contributed by atoms with Gasteiger partial charge in [-0.3, -0.25) is 5.32 Å². The molecule has 0 aromatic rings. The molecule has 2 unspecified atom stereocenters. The van der Waals surface area contributed by atoms with E-state index in [0.717, 1.165) is 19.1 Å². The van der Waals surface area contributed by atoms with Crippen LogP contribution < -0.4 is 5.32 Å². The molecule has 2 aliphatic heterocycles. The highest BCUT2D eigenvalue weighted by atomic mass is 35.5. The number of hydrogen-bond acceptors (Lipinski definition) is 3. The quantitative estimate of drug-likeness (QED) is 0.708. The standard InChI is InChI=1S/C8H15NOS.ClH/c1-2-7(6-11-5-1)8-9-3-4-10-8;/h7-9H,1-6H2;1H. The molecular weight excluding hydrogens is 194 g/mol. The second kappa shape index (κ2) is 5.32. The molecule has 0 radical (unpaired) electrons. The monoisotopic (exact) mass is 209 g/mol. The Kier molecular flexibility index (Phi) is 4.72. The van der Waals surface area contributed by atoms with E-state index in [-0.39, 0.29) is 12.4 Å². The summed E-state index contributed by atoms with van der Waals surface area (Å²) in [4.78, 5) is 0. The van der Waals surface area contributed by atoms with Crippen molar-refractivity contribution in [3.8, 4) is 0 Å². The van der Waals surface area contributed by atoms with Gasteiger partial charge in [0.15, 0.2) is 0 Å². The van der Waals surface area contributed by atoms with Gasteiger partial charge >= 0.3 is 0 Å². The van der Waals surface area contributed by atoms with Gasteiger partial charge in [0.05, 0.1) is 6.61 Å². The summed E-state index contributed by atoms with van der Waals surface area (Å²) in [5.41, 5.74) is 0. The van der Waals surface area contributed by atoms with Crippen LogP contribution in [0.1, 0.15) is 12.8 Å². The molecule has 2 atom stereocenters. The van der Waals surface area contributed by atoms with E-state index >= 15 is 0 Å². The van der Waals surface area contributed by atoms with E-state index in [4.69, 9.17) is 4.74 Å². The normalized spacial score (nSPS) is 36.0. The summed E-state index contributed by atoms with van der Waals surface area (Å²) in [6, 6.07) is 0. The zero-order valence-corrected chi connectivity index (χ0v) is 8.76. The van der Waals surface area contributed by atoms with Crippen LogP contribution in [0.2, 0.25) is 0 Å². The largest absolute Gasteiger partial charge is 0.362 e. The lowest BCUT2D eigenvalue weighted by molar-refractivity contribution is 0.0560. The van der Waals surface area contributed by atoms with Gasteiger partial charge in [0.25, 0.3) is 0 Å². The highest BCUT2D eigenvalue weighted by Crippen LogP contribution is 2.26. The summed E-state index contributed by atoms with van der Waals surface area (Å²) in [5.74, 6) is 3.41. The van der Waals surface area contributed by atoms with Gasteiger partial charge in [-0.25, -0.2) is 0 Å². The molecule has 0 spiro atoms. The summed E-state index contributed by atoms with van der Waals surface area (Å²) >= 11 is 2.07. The summed E-state index contributed by atoms with van der Waals surface area (Å²) in [6.07, 6.45) is 3.10. The minimum atomic E-state index is 0. The Morgan fingerprint density at radius 3 is 2.92 bits per heavy atom. The summed E-state index contributed by atoms with van der Waals surface area (Å²) in [7, 11) is 0. The maximum Gasteiger partial charge on any atom is 0.111 e. The van der Waals surface area contributed by atoms with Gasteiger partial charge < -0.3 is 4.74 Å². The first kappa shape index (κ1) is 10.6. The van der Waals surface area contributed by atoms with Crippen molar-refractivity contribution in [2.45, 2.75) is 19.1 Å². The predicted molar refractivity (Wildman–Crippen MR) is 55.0 cm³/mol. The number of nitrogens with one attached hydrogen (secondary N) is 1. The molecule has 0 bridgehead atoms. The van der Waals surface area contributed by atoms with E-state index in [1.165, 1.54) is 24.3 Å². The van der Waals surface area contributed by atoms with Crippen LogP contribution in [0.4, 0.5) is 0 Å². The zero-order valence-electron chi connectivity index (χ0n) is 7.12. The van der Waals surface area contributed by atoms with Crippen LogP contribution in [0.5, 0.6) is 0 Å². The Hall–Kier alpha value is 0.560. The maximum absolute atomic E-state index is 5.57. The smallest absolute Gasteiger partial charge is 0.111 e. The molecule has 0 aromatic carbocycles. The first-order valence-electron chi connectivity index (χ1n) is 4.39. The van der Waals surface area contributed by atoms with Crippen molar-refractivity contribution in [1.82, 2.24) is 5.32 Å². The van der Waals surface area contributed by atoms with E-state index in [2.05, 4.69) is 17.1 Å². The Labute approximate surface area is 84.2 Å². The molecule has 2 fully saturated rings. The van der Waals surface area contributed by atoms with Crippen LogP contribution in [0.25, 0.3) is 0 Å². The molecule has 0 aromatic heterocycles. The van der Waals surface area contributed by atoms with Gasteiger partial charge in [-0.15, -0.1) is 12.4 Å². The fourth-order valence-corrected chi connectivity index (χ4v) is 2.93. The Balaban J connectivity index is 0.000000720.